The molecule has 0 radical (unpaired) electrons. The van der Waals surface area contributed by atoms with E-state index in [-0.39, 0.29) is 5.91 Å². The molecule has 0 saturated carbocycles. The molecular formula is C18H21N3O3. The summed E-state index contributed by atoms with van der Waals surface area (Å²) in [5.41, 5.74) is 3.71. The number of methoxy groups -OCH3 is 1. The van der Waals surface area contributed by atoms with Crippen LogP contribution in [0.5, 0.6) is 11.5 Å². The van der Waals surface area contributed by atoms with Crippen LogP contribution in [0.1, 0.15) is 29.8 Å². The van der Waals surface area contributed by atoms with Gasteiger partial charge in [0, 0.05) is 12.4 Å². The maximum Gasteiger partial charge on any atom is 0.272 e. The van der Waals surface area contributed by atoms with Crippen molar-refractivity contribution >= 4 is 12.1 Å². The lowest BCUT2D eigenvalue weighted by molar-refractivity contribution is 0.0955. The second-order valence-electron chi connectivity index (χ2n) is 5.56. The normalized spacial score (nSPS) is 10.8. The molecule has 0 spiro atoms. The van der Waals surface area contributed by atoms with Gasteiger partial charge in [0.2, 0.25) is 0 Å². The van der Waals surface area contributed by atoms with E-state index in [1.165, 1.54) is 6.20 Å². The van der Waals surface area contributed by atoms with Crippen molar-refractivity contribution in [1.82, 2.24) is 10.4 Å². The van der Waals surface area contributed by atoms with Gasteiger partial charge in [0.25, 0.3) is 5.91 Å². The Balaban J connectivity index is 2.03. The minimum Gasteiger partial charge on any atom is -0.493 e. The molecule has 0 atom stereocenters. The third-order valence-corrected chi connectivity index (χ3v) is 3.06. The number of hydrogen-bond donors (Lipinski definition) is 1. The smallest absolute Gasteiger partial charge is 0.272 e. The van der Waals surface area contributed by atoms with Crippen LogP contribution >= 0.6 is 0 Å². The van der Waals surface area contributed by atoms with Crippen molar-refractivity contribution in [2.45, 2.75) is 13.8 Å². The average Bonchev–Trinajstić information content (AvgIpc) is 2.60. The SMILES string of the molecule is COc1ccc(C=NNC(=O)c2cccnc2)cc1OCC(C)C. The molecule has 6 heteroatoms. The topological polar surface area (TPSA) is 72.8 Å². The molecule has 1 aromatic heterocycles. The molecule has 1 aromatic carbocycles. The van der Waals surface area contributed by atoms with Gasteiger partial charge in [-0.05, 0) is 41.8 Å². The first kappa shape index (κ1) is 17.5. The molecule has 0 aliphatic carbocycles. The fourth-order valence-electron chi connectivity index (χ4n) is 1.87. The molecule has 2 rings (SSSR count). The van der Waals surface area contributed by atoms with Gasteiger partial charge >= 0.3 is 0 Å². The number of pyridine rings is 1. The van der Waals surface area contributed by atoms with Gasteiger partial charge in [0.15, 0.2) is 11.5 Å². The van der Waals surface area contributed by atoms with Crippen LogP contribution in [0.25, 0.3) is 0 Å². The van der Waals surface area contributed by atoms with Gasteiger partial charge in [-0.15, -0.1) is 0 Å². The summed E-state index contributed by atoms with van der Waals surface area (Å²) in [5.74, 6) is 1.40. The third kappa shape index (κ3) is 5.08. The predicted molar refractivity (Wildman–Crippen MR) is 92.6 cm³/mol. The van der Waals surface area contributed by atoms with E-state index < -0.39 is 0 Å². The number of hydrogen-bond acceptors (Lipinski definition) is 5. The molecule has 6 nitrogen and oxygen atoms in total. The number of carbonyl (C=O) groups is 1. The van der Waals surface area contributed by atoms with Crippen molar-refractivity contribution in [2.75, 3.05) is 13.7 Å². The number of nitrogens with zero attached hydrogens (tertiary/aromatic N) is 2. The Labute approximate surface area is 141 Å². The summed E-state index contributed by atoms with van der Waals surface area (Å²) in [7, 11) is 1.60. The first-order valence-corrected chi connectivity index (χ1v) is 7.64. The lowest BCUT2D eigenvalue weighted by Gasteiger charge is -2.12. The molecule has 0 unspecified atom stereocenters. The molecule has 1 amide bonds. The highest BCUT2D eigenvalue weighted by atomic mass is 16.5. The number of amides is 1. The maximum absolute atomic E-state index is 11.9. The molecule has 0 saturated heterocycles. The Morgan fingerprint density at radius 3 is 2.83 bits per heavy atom. The molecule has 1 N–H and O–H groups in total. The number of ether oxygens (including phenoxy) is 2. The van der Waals surface area contributed by atoms with Crippen LogP contribution in [-0.2, 0) is 0 Å². The quantitative estimate of drug-likeness (QED) is 0.627. The summed E-state index contributed by atoms with van der Waals surface area (Å²) < 4.78 is 11.0. The Morgan fingerprint density at radius 1 is 1.33 bits per heavy atom. The fraction of sp³-hybridized carbons (Fsp3) is 0.278. The number of rotatable bonds is 7. The van der Waals surface area contributed by atoms with E-state index in [4.69, 9.17) is 9.47 Å². The molecule has 126 valence electrons. The van der Waals surface area contributed by atoms with E-state index >= 15 is 0 Å². The average molecular weight is 327 g/mol. The van der Waals surface area contributed by atoms with Crippen molar-refractivity contribution in [1.29, 1.82) is 0 Å². The molecular weight excluding hydrogens is 306 g/mol. The molecule has 2 aromatic rings. The molecule has 0 aliphatic rings. The summed E-state index contributed by atoms with van der Waals surface area (Å²) in [6, 6.07) is 8.82. The number of nitrogens with one attached hydrogen (secondary N) is 1. The van der Waals surface area contributed by atoms with E-state index in [0.29, 0.717) is 29.6 Å². The zero-order chi connectivity index (χ0) is 17.4. The zero-order valence-electron chi connectivity index (χ0n) is 14.0. The van der Waals surface area contributed by atoms with Crippen LogP contribution in [0, 0.1) is 5.92 Å². The monoisotopic (exact) mass is 327 g/mol. The van der Waals surface area contributed by atoms with Gasteiger partial charge in [0.05, 0.1) is 25.5 Å². The molecule has 24 heavy (non-hydrogen) atoms. The molecule has 0 aliphatic heterocycles. The van der Waals surface area contributed by atoms with Crippen molar-refractivity contribution in [3.63, 3.8) is 0 Å². The Morgan fingerprint density at radius 2 is 2.17 bits per heavy atom. The van der Waals surface area contributed by atoms with E-state index in [0.717, 1.165) is 5.56 Å². The van der Waals surface area contributed by atoms with E-state index in [2.05, 4.69) is 29.4 Å². The zero-order valence-corrected chi connectivity index (χ0v) is 14.0. The highest BCUT2D eigenvalue weighted by Crippen LogP contribution is 2.27. The van der Waals surface area contributed by atoms with Gasteiger partial charge in [-0.1, -0.05) is 13.8 Å². The number of hydrazone groups is 1. The maximum atomic E-state index is 11.9. The first-order valence-electron chi connectivity index (χ1n) is 7.64. The summed E-state index contributed by atoms with van der Waals surface area (Å²) >= 11 is 0. The highest BCUT2D eigenvalue weighted by molar-refractivity contribution is 5.94. The Bertz CT molecular complexity index is 700. The van der Waals surface area contributed by atoms with Crippen molar-refractivity contribution in [3.8, 4) is 11.5 Å². The third-order valence-electron chi connectivity index (χ3n) is 3.06. The van der Waals surface area contributed by atoms with Gasteiger partial charge in [-0.2, -0.15) is 5.10 Å². The highest BCUT2D eigenvalue weighted by Gasteiger charge is 2.07. The summed E-state index contributed by atoms with van der Waals surface area (Å²) in [5, 5.41) is 3.96. The lowest BCUT2D eigenvalue weighted by Crippen LogP contribution is -2.17. The van der Waals surface area contributed by atoms with Crippen molar-refractivity contribution in [2.24, 2.45) is 11.0 Å². The predicted octanol–water partition coefficient (Wildman–Crippen LogP) is 2.89. The second kappa shape index (κ2) is 8.67. The largest absolute Gasteiger partial charge is 0.493 e. The Hall–Kier alpha value is -2.89. The van der Waals surface area contributed by atoms with E-state index in [9.17, 15) is 4.79 Å². The van der Waals surface area contributed by atoms with Crippen LogP contribution in [0.4, 0.5) is 0 Å². The standard InChI is InChI=1S/C18H21N3O3/c1-13(2)12-24-17-9-14(6-7-16(17)23-3)10-20-21-18(22)15-5-4-8-19-11-15/h4-11,13H,12H2,1-3H3,(H,21,22). The minimum atomic E-state index is -0.316. The minimum absolute atomic E-state index is 0.316. The summed E-state index contributed by atoms with van der Waals surface area (Å²) in [4.78, 5) is 15.8. The fourth-order valence-corrected chi connectivity index (χ4v) is 1.87. The molecule has 0 fully saturated rings. The van der Waals surface area contributed by atoms with E-state index in [1.807, 2.05) is 12.1 Å². The van der Waals surface area contributed by atoms with Crippen LogP contribution in [0.2, 0.25) is 0 Å². The number of benzene rings is 1. The summed E-state index contributed by atoms with van der Waals surface area (Å²) in [6.45, 7) is 4.74. The van der Waals surface area contributed by atoms with Crippen LogP contribution in [0.15, 0.2) is 47.8 Å². The Kier molecular flexibility index (Phi) is 6.31. The van der Waals surface area contributed by atoms with Gasteiger partial charge in [0.1, 0.15) is 0 Å². The van der Waals surface area contributed by atoms with Crippen molar-refractivity contribution in [3.05, 3.63) is 53.9 Å². The van der Waals surface area contributed by atoms with Crippen LogP contribution in [-0.4, -0.2) is 30.8 Å². The van der Waals surface area contributed by atoms with Gasteiger partial charge in [-0.3, -0.25) is 9.78 Å². The molecule has 1 heterocycles. The first-order chi connectivity index (χ1) is 11.6. The van der Waals surface area contributed by atoms with Crippen molar-refractivity contribution < 1.29 is 14.3 Å². The molecule has 0 bridgehead atoms. The van der Waals surface area contributed by atoms with Crippen LogP contribution < -0.4 is 14.9 Å². The van der Waals surface area contributed by atoms with E-state index in [1.54, 1.807) is 37.7 Å². The summed E-state index contributed by atoms with van der Waals surface area (Å²) in [6.07, 6.45) is 4.64. The van der Waals surface area contributed by atoms with Gasteiger partial charge < -0.3 is 9.47 Å². The second-order valence-corrected chi connectivity index (χ2v) is 5.56. The van der Waals surface area contributed by atoms with Crippen LogP contribution in [0.3, 0.4) is 0 Å². The number of carbonyl (C=O) groups excluding carboxylic acids is 1. The number of aromatic nitrogens is 1. The van der Waals surface area contributed by atoms with Gasteiger partial charge in [-0.25, -0.2) is 5.43 Å². The lowest BCUT2D eigenvalue weighted by atomic mass is 10.2.